The number of alkyl halides is 6. The highest BCUT2D eigenvalue weighted by Crippen LogP contribution is 2.43. The van der Waals surface area contributed by atoms with Crippen LogP contribution in [-0.2, 0) is 19.4 Å². The summed E-state index contributed by atoms with van der Waals surface area (Å²) in [5, 5.41) is -0.889. The van der Waals surface area contributed by atoms with E-state index in [1.807, 2.05) is 0 Å². The van der Waals surface area contributed by atoms with Gasteiger partial charge in [0.2, 0.25) is 0 Å². The number of aromatic nitrogens is 1. The molecule has 0 aliphatic carbocycles. The van der Waals surface area contributed by atoms with E-state index >= 15 is 0 Å². The molecular weight excluding hydrogens is 260 g/mol. The second-order valence-corrected chi connectivity index (χ2v) is 3.80. The second kappa shape index (κ2) is 3.66. The maximum absolute atomic E-state index is 12.8. The average Bonchev–Trinajstić information content (AvgIpc) is 2.47. The molecule has 98 valence electrons. The van der Waals surface area contributed by atoms with Crippen molar-refractivity contribution in [1.82, 2.24) is 4.57 Å². The van der Waals surface area contributed by atoms with Gasteiger partial charge in [-0.05, 0) is 0 Å². The van der Waals surface area contributed by atoms with Gasteiger partial charge in [-0.2, -0.15) is 26.3 Å². The average molecular weight is 267 g/mol. The summed E-state index contributed by atoms with van der Waals surface area (Å²) in [5.74, 6) is 0. The normalized spacial score (nSPS) is 13.3. The molecule has 2 rings (SSSR count). The van der Waals surface area contributed by atoms with E-state index < -0.39 is 34.5 Å². The molecule has 0 bridgehead atoms. The van der Waals surface area contributed by atoms with Crippen LogP contribution in [0.2, 0.25) is 0 Å². The largest absolute Gasteiger partial charge is 0.432 e. The Morgan fingerprint density at radius 1 is 0.778 bits per heavy atom. The molecule has 7 heteroatoms. The Morgan fingerprint density at radius 3 is 1.39 bits per heavy atom. The minimum atomic E-state index is -4.84. The van der Waals surface area contributed by atoms with Gasteiger partial charge < -0.3 is 4.57 Å². The van der Waals surface area contributed by atoms with Crippen molar-refractivity contribution in [2.45, 2.75) is 12.4 Å². The monoisotopic (exact) mass is 267 g/mol. The van der Waals surface area contributed by atoms with Crippen LogP contribution in [0.25, 0.3) is 10.8 Å². The summed E-state index contributed by atoms with van der Waals surface area (Å²) in [6.07, 6.45) is -9.67. The summed E-state index contributed by atoms with van der Waals surface area (Å²) < 4.78 is 76.9. The molecule has 0 aliphatic rings. The lowest BCUT2D eigenvalue weighted by molar-refractivity contribution is -0.151. The van der Waals surface area contributed by atoms with Crippen LogP contribution in [0.1, 0.15) is 11.4 Å². The van der Waals surface area contributed by atoms with Crippen molar-refractivity contribution >= 4 is 10.8 Å². The minimum Gasteiger partial charge on any atom is -0.336 e. The van der Waals surface area contributed by atoms with E-state index in [2.05, 4.69) is 0 Å². The molecule has 0 saturated heterocycles. The second-order valence-electron chi connectivity index (χ2n) is 3.80. The van der Waals surface area contributed by atoms with Crippen molar-refractivity contribution < 1.29 is 26.3 Å². The maximum Gasteiger partial charge on any atom is 0.432 e. The van der Waals surface area contributed by atoms with Gasteiger partial charge in [0.1, 0.15) is 11.4 Å². The van der Waals surface area contributed by atoms with Gasteiger partial charge in [0, 0.05) is 17.8 Å². The van der Waals surface area contributed by atoms with Crippen molar-refractivity contribution in [3.05, 3.63) is 35.7 Å². The summed E-state index contributed by atoms with van der Waals surface area (Å²) in [6.45, 7) is 0. The summed E-state index contributed by atoms with van der Waals surface area (Å²) in [4.78, 5) is 0. The zero-order valence-electron chi connectivity index (χ0n) is 9.02. The molecule has 1 aromatic heterocycles. The molecule has 2 aromatic rings. The molecule has 0 atom stereocenters. The van der Waals surface area contributed by atoms with Crippen LogP contribution in [0.3, 0.4) is 0 Å². The van der Waals surface area contributed by atoms with Gasteiger partial charge >= 0.3 is 12.4 Å². The predicted molar refractivity (Wildman–Crippen MR) is 52.9 cm³/mol. The highest BCUT2D eigenvalue weighted by Gasteiger charge is 2.43. The van der Waals surface area contributed by atoms with Crippen molar-refractivity contribution in [1.29, 1.82) is 0 Å². The van der Waals surface area contributed by atoms with Gasteiger partial charge in [-0.15, -0.1) is 0 Å². The molecule has 0 aliphatic heterocycles. The highest BCUT2D eigenvalue weighted by atomic mass is 19.4. The summed E-state index contributed by atoms with van der Waals surface area (Å²) >= 11 is 0. The first kappa shape index (κ1) is 12.8. The van der Waals surface area contributed by atoms with E-state index in [4.69, 9.17) is 0 Å². The molecule has 0 unspecified atom stereocenters. The highest BCUT2D eigenvalue weighted by molar-refractivity contribution is 5.89. The van der Waals surface area contributed by atoms with Crippen LogP contribution in [0.5, 0.6) is 0 Å². The van der Waals surface area contributed by atoms with E-state index in [-0.39, 0.29) is 4.57 Å². The molecule has 18 heavy (non-hydrogen) atoms. The van der Waals surface area contributed by atoms with Gasteiger partial charge in [-0.3, -0.25) is 0 Å². The van der Waals surface area contributed by atoms with Gasteiger partial charge in [-0.25, -0.2) is 0 Å². The zero-order chi connectivity index (χ0) is 13.7. The number of hydrogen-bond donors (Lipinski definition) is 0. The number of rotatable bonds is 0. The fraction of sp³-hybridized carbons (Fsp3) is 0.273. The number of benzene rings is 1. The summed E-state index contributed by atoms with van der Waals surface area (Å²) in [5.41, 5.74) is -2.57. The Balaban J connectivity index is 2.94. The zero-order valence-corrected chi connectivity index (χ0v) is 9.02. The van der Waals surface area contributed by atoms with Crippen molar-refractivity contribution in [2.75, 3.05) is 0 Å². The third-order valence-corrected chi connectivity index (χ3v) is 2.65. The van der Waals surface area contributed by atoms with E-state index in [1.54, 1.807) is 0 Å². The van der Waals surface area contributed by atoms with Crippen molar-refractivity contribution in [3.8, 4) is 0 Å². The smallest absolute Gasteiger partial charge is 0.336 e. The van der Waals surface area contributed by atoms with Crippen LogP contribution in [-0.4, -0.2) is 4.57 Å². The number of fused-ring (bicyclic) bond motifs is 1. The minimum absolute atomic E-state index is 0.157. The number of hydrogen-bond acceptors (Lipinski definition) is 0. The Kier molecular flexibility index (Phi) is 2.60. The van der Waals surface area contributed by atoms with Crippen LogP contribution in [0, 0.1) is 0 Å². The Labute approximate surface area is 97.6 Å². The van der Waals surface area contributed by atoms with Gasteiger partial charge in [0.15, 0.2) is 0 Å². The van der Waals surface area contributed by atoms with Gasteiger partial charge in [0.25, 0.3) is 0 Å². The van der Waals surface area contributed by atoms with E-state index in [0.29, 0.717) is 0 Å². The first-order chi connectivity index (χ1) is 8.14. The third-order valence-electron chi connectivity index (χ3n) is 2.65. The lowest BCUT2D eigenvalue weighted by Crippen LogP contribution is -2.17. The molecule has 1 aromatic carbocycles. The Bertz CT molecular complexity index is 539. The van der Waals surface area contributed by atoms with Crippen LogP contribution >= 0.6 is 0 Å². The van der Waals surface area contributed by atoms with E-state index in [1.165, 1.54) is 12.1 Å². The number of nitrogens with zero attached hydrogens (tertiary/aromatic N) is 1. The van der Waals surface area contributed by atoms with Crippen LogP contribution < -0.4 is 0 Å². The van der Waals surface area contributed by atoms with Crippen LogP contribution in [0.15, 0.2) is 24.3 Å². The lowest BCUT2D eigenvalue weighted by Gasteiger charge is -2.12. The molecule has 0 fully saturated rings. The topological polar surface area (TPSA) is 4.93 Å². The molecule has 0 saturated carbocycles. The quantitative estimate of drug-likeness (QED) is 0.630. The third kappa shape index (κ3) is 1.83. The molecule has 0 spiro atoms. The first-order valence-electron chi connectivity index (χ1n) is 4.86. The van der Waals surface area contributed by atoms with Gasteiger partial charge in [0.05, 0.1) is 0 Å². The van der Waals surface area contributed by atoms with E-state index in [0.717, 1.165) is 19.2 Å². The summed E-state index contributed by atoms with van der Waals surface area (Å²) in [6, 6.07) is 4.62. The van der Waals surface area contributed by atoms with Crippen molar-refractivity contribution in [3.63, 3.8) is 0 Å². The molecule has 1 nitrogen and oxygen atoms in total. The van der Waals surface area contributed by atoms with Crippen LogP contribution in [0.4, 0.5) is 26.3 Å². The lowest BCUT2D eigenvalue weighted by atomic mass is 10.1. The maximum atomic E-state index is 12.8. The fourth-order valence-electron chi connectivity index (χ4n) is 2.05. The Morgan fingerprint density at radius 2 is 1.11 bits per heavy atom. The molecule has 0 radical (unpaired) electrons. The van der Waals surface area contributed by atoms with E-state index in [9.17, 15) is 26.3 Å². The SMILES string of the molecule is Cn1c(C(F)(F)F)c2ccccc2c1C(F)(F)F. The standard InChI is InChI=1S/C11H7F6N/c1-18-8(10(12,13)14)6-4-2-3-5-7(6)9(18)11(15,16)17/h2-5H,1H3. The molecule has 0 amide bonds. The van der Waals surface area contributed by atoms with Gasteiger partial charge in [-0.1, -0.05) is 24.3 Å². The molecule has 0 N–H and O–H groups in total. The molecular formula is C11H7F6N. The predicted octanol–water partition coefficient (Wildman–Crippen LogP) is 4.22. The first-order valence-corrected chi connectivity index (χ1v) is 4.86. The fourth-order valence-corrected chi connectivity index (χ4v) is 2.05. The Hall–Kier alpha value is -1.66. The summed E-state index contributed by atoms with van der Waals surface area (Å²) in [7, 11) is 0.769. The number of halogens is 6. The molecule has 1 heterocycles. The van der Waals surface area contributed by atoms with Crippen molar-refractivity contribution in [2.24, 2.45) is 7.05 Å².